The Morgan fingerprint density at radius 2 is 2.10 bits per heavy atom. The van der Waals surface area contributed by atoms with E-state index in [0.29, 0.717) is 13.0 Å². The summed E-state index contributed by atoms with van der Waals surface area (Å²) in [5, 5.41) is 10.4. The second-order valence-electron chi connectivity index (χ2n) is 7.99. The van der Waals surface area contributed by atoms with Crippen LogP contribution in [0.25, 0.3) is 11.1 Å². The van der Waals surface area contributed by atoms with Crippen molar-refractivity contribution in [2.24, 2.45) is 0 Å². The number of benzene rings is 1. The van der Waals surface area contributed by atoms with E-state index in [1.54, 1.807) is 20.8 Å². The molecule has 3 rings (SSSR count). The van der Waals surface area contributed by atoms with Crippen LogP contribution in [0.3, 0.4) is 0 Å². The van der Waals surface area contributed by atoms with Crippen molar-refractivity contribution in [2.45, 2.75) is 56.9 Å². The highest BCUT2D eigenvalue weighted by atomic mass is 32.2. The largest absolute Gasteiger partial charge is 0.444 e. The third-order valence-electron chi connectivity index (χ3n) is 4.50. The normalized spacial score (nSPS) is 18.0. The number of carbonyl (C=O) groups excluding carboxylic acids is 1. The van der Waals surface area contributed by atoms with Crippen molar-refractivity contribution in [1.29, 1.82) is 0 Å². The molecule has 0 bridgehead atoms. The fraction of sp³-hybridized carbons (Fsp3) is 0.556. The van der Waals surface area contributed by atoms with Gasteiger partial charge in [-0.3, -0.25) is 10.1 Å². The van der Waals surface area contributed by atoms with E-state index < -0.39 is 37.7 Å². The predicted octanol–water partition coefficient (Wildman–Crippen LogP) is 3.30. The van der Waals surface area contributed by atoms with Crippen LogP contribution in [0.5, 0.6) is 0 Å². The number of aromatic nitrogens is 1. The Kier molecular flexibility index (Phi) is 5.52. The average Bonchev–Trinajstić information content (AvgIpc) is 3.04. The number of oxazole rings is 1. The molecule has 0 N–H and O–H groups in total. The first kappa shape index (κ1) is 21.0. The van der Waals surface area contributed by atoms with Gasteiger partial charge >= 0.3 is 11.3 Å². The molecule has 158 valence electrons. The topological polar surface area (TPSA) is 133 Å². The minimum absolute atomic E-state index is 0.0883. The number of sulfone groups is 1. The zero-order chi connectivity index (χ0) is 21.4. The monoisotopic (exact) mass is 425 g/mol. The number of ether oxygens (including phenoxy) is 1. The summed E-state index contributed by atoms with van der Waals surface area (Å²) < 4.78 is 36.5. The fourth-order valence-corrected chi connectivity index (χ4v) is 4.65. The van der Waals surface area contributed by atoms with Gasteiger partial charge in [-0.1, -0.05) is 0 Å². The van der Waals surface area contributed by atoms with Gasteiger partial charge in [-0.15, -0.1) is 0 Å². The molecule has 0 aliphatic carbocycles. The zero-order valence-electron chi connectivity index (χ0n) is 16.5. The first-order chi connectivity index (χ1) is 13.5. The molecule has 11 heteroatoms. The Labute approximate surface area is 167 Å². The lowest BCUT2D eigenvalue weighted by Crippen LogP contribution is -2.48. The first-order valence-corrected chi connectivity index (χ1v) is 10.9. The second kappa shape index (κ2) is 7.62. The summed E-state index contributed by atoms with van der Waals surface area (Å²) in [6.07, 6.45) is 1.52. The molecule has 2 heterocycles. The number of fused-ring (bicyclic) bond motifs is 1. The zero-order valence-corrected chi connectivity index (χ0v) is 17.3. The van der Waals surface area contributed by atoms with Gasteiger partial charge in [0.25, 0.3) is 5.69 Å². The number of non-ortho nitro benzene ring substituents is 1. The van der Waals surface area contributed by atoms with Crippen LogP contribution >= 0.6 is 0 Å². The Bertz CT molecular complexity index is 1040. The highest BCUT2D eigenvalue weighted by Crippen LogP contribution is 2.27. The molecule has 1 amide bonds. The van der Waals surface area contributed by atoms with E-state index in [4.69, 9.17) is 9.15 Å². The molecule has 0 spiro atoms. The quantitative estimate of drug-likeness (QED) is 0.538. The average molecular weight is 425 g/mol. The molecule has 1 aromatic carbocycles. The van der Waals surface area contributed by atoms with Gasteiger partial charge < -0.3 is 14.1 Å². The van der Waals surface area contributed by atoms with Crippen LogP contribution in [0.2, 0.25) is 0 Å². The molecule has 29 heavy (non-hydrogen) atoms. The first-order valence-electron chi connectivity index (χ1n) is 9.24. The number of piperidine rings is 1. The molecule has 1 fully saturated rings. The summed E-state index contributed by atoms with van der Waals surface area (Å²) in [6, 6.07) is 3.13. The van der Waals surface area contributed by atoms with E-state index in [1.165, 1.54) is 17.0 Å². The third-order valence-corrected chi connectivity index (χ3v) is 6.03. The fourth-order valence-electron chi connectivity index (χ4n) is 3.20. The molecule has 0 radical (unpaired) electrons. The number of nitro benzene ring substituents is 1. The van der Waals surface area contributed by atoms with E-state index in [9.17, 15) is 23.3 Å². The molecule has 0 unspecified atom stereocenters. The Morgan fingerprint density at radius 3 is 2.76 bits per heavy atom. The van der Waals surface area contributed by atoms with Crippen LogP contribution in [-0.2, 0) is 14.6 Å². The number of hydrogen-bond acceptors (Lipinski definition) is 8. The number of likely N-dealkylation sites (tertiary alicyclic amines) is 1. The summed E-state index contributed by atoms with van der Waals surface area (Å²) in [6.45, 7) is 5.66. The van der Waals surface area contributed by atoms with Crippen molar-refractivity contribution in [3.8, 4) is 0 Å². The van der Waals surface area contributed by atoms with Gasteiger partial charge in [0.05, 0.1) is 10.7 Å². The van der Waals surface area contributed by atoms with Crippen LogP contribution in [0, 0.1) is 10.1 Å². The van der Waals surface area contributed by atoms with Crippen molar-refractivity contribution in [2.75, 3.05) is 12.3 Å². The minimum Gasteiger partial charge on any atom is -0.444 e. The summed E-state index contributed by atoms with van der Waals surface area (Å²) in [5.41, 5.74) is -0.669. The number of nitrogens with zero attached hydrogens (tertiary/aromatic N) is 3. The van der Waals surface area contributed by atoms with Crippen molar-refractivity contribution in [1.82, 2.24) is 9.88 Å². The number of carbonyl (C=O) groups is 1. The molecule has 1 aliphatic heterocycles. The van der Waals surface area contributed by atoms with Crippen LogP contribution in [0.15, 0.2) is 27.8 Å². The van der Waals surface area contributed by atoms with Crippen molar-refractivity contribution in [3.05, 3.63) is 28.3 Å². The highest BCUT2D eigenvalue weighted by molar-refractivity contribution is 7.91. The summed E-state index contributed by atoms with van der Waals surface area (Å²) in [5.74, 6) is -0.360. The molecule has 0 saturated carbocycles. The summed E-state index contributed by atoms with van der Waals surface area (Å²) in [7, 11) is -3.96. The molecule has 1 aliphatic rings. The maximum absolute atomic E-state index is 12.9. The number of hydrogen-bond donors (Lipinski definition) is 0. The SMILES string of the molecule is CC(C)(C)OC(=O)N1CCCC[C@@H]1CS(=O)(=O)c1nc2cc([N+](=O)[O-])ccc2o1. The van der Waals surface area contributed by atoms with E-state index in [0.717, 1.165) is 18.9 Å². The van der Waals surface area contributed by atoms with Gasteiger partial charge in [0.2, 0.25) is 9.84 Å². The molecule has 10 nitrogen and oxygen atoms in total. The number of nitro groups is 1. The van der Waals surface area contributed by atoms with E-state index >= 15 is 0 Å². The lowest BCUT2D eigenvalue weighted by molar-refractivity contribution is -0.384. The maximum Gasteiger partial charge on any atom is 0.410 e. The van der Waals surface area contributed by atoms with Gasteiger partial charge in [-0.05, 0) is 46.1 Å². The van der Waals surface area contributed by atoms with Crippen molar-refractivity contribution < 1.29 is 27.3 Å². The van der Waals surface area contributed by atoms with E-state index in [-0.39, 0.29) is 22.5 Å². The van der Waals surface area contributed by atoms with Gasteiger partial charge in [0.15, 0.2) is 5.58 Å². The Hall–Kier alpha value is -2.69. The van der Waals surface area contributed by atoms with E-state index in [2.05, 4.69) is 4.98 Å². The van der Waals surface area contributed by atoms with Crippen molar-refractivity contribution >= 4 is 32.7 Å². The highest BCUT2D eigenvalue weighted by Gasteiger charge is 2.35. The second-order valence-corrected chi connectivity index (χ2v) is 9.91. The van der Waals surface area contributed by atoms with E-state index in [1.807, 2.05) is 0 Å². The lowest BCUT2D eigenvalue weighted by Gasteiger charge is -2.36. The minimum atomic E-state index is -3.96. The molecule has 1 aromatic heterocycles. The standard InChI is InChI=1S/C18H23N3O7S/c1-18(2,3)28-17(22)20-9-5-4-6-13(20)11-29(25,26)16-19-14-10-12(21(23)24)7-8-15(14)27-16/h7-8,10,13H,4-6,9,11H2,1-3H3/t13-/m1/s1. The smallest absolute Gasteiger partial charge is 0.410 e. The molecule has 2 aromatic rings. The van der Waals surface area contributed by atoms with Crippen molar-refractivity contribution in [3.63, 3.8) is 0 Å². The van der Waals surface area contributed by atoms with Gasteiger partial charge in [-0.25, -0.2) is 13.2 Å². The Balaban J connectivity index is 1.84. The molecule has 1 saturated heterocycles. The van der Waals surface area contributed by atoms with Crippen LogP contribution in [0.1, 0.15) is 40.0 Å². The third kappa shape index (κ3) is 4.84. The number of rotatable bonds is 4. The van der Waals surface area contributed by atoms with Crippen LogP contribution in [0.4, 0.5) is 10.5 Å². The summed E-state index contributed by atoms with van der Waals surface area (Å²) in [4.78, 5) is 28.2. The lowest BCUT2D eigenvalue weighted by atomic mass is 10.0. The van der Waals surface area contributed by atoms with Gasteiger partial charge in [0, 0.05) is 24.7 Å². The molecular formula is C18H23N3O7S. The predicted molar refractivity (Wildman–Crippen MR) is 103 cm³/mol. The summed E-state index contributed by atoms with van der Waals surface area (Å²) >= 11 is 0. The van der Waals surface area contributed by atoms with Gasteiger partial charge in [-0.2, -0.15) is 4.98 Å². The van der Waals surface area contributed by atoms with Crippen LogP contribution in [-0.4, -0.2) is 53.3 Å². The molecular weight excluding hydrogens is 402 g/mol. The van der Waals surface area contributed by atoms with Gasteiger partial charge in [0.1, 0.15) is 11.1 Å². The van der Waals surface area contributed by atoms with Crippen LogP contribution < -0.4 is 0 Å². The maximum atomic E-state index is 12.9. The number of amides is 1. The molecule has 1 atom stereocenters. The Morgan fingerprint density at radius 1 is 1.38 bits per heavy atom.